The number of allylic oxidation sites excluding steroid dienone is 2. The smallest absolute Gasteiger partial charge is 0.165 e. The van der Waals surface area contributed by atoms with Crippen molar-refractivity contribution in [2.24, 2.45) is 5.92 Å². The van der Waals surface area contributed by atoms with Crippen molar-refractivity contribution in [2.45, 2.75) is 97.2 Å². The molecule has 2 nitrogen and oxygen atoms in total. The number of rotatable bonds is 13. The molecule has 1 aliphatic heterocycles. The van der Waals surface area contributed by atoms with E-state index in [1.807, 2.05) is 0 Å². The Labute approximate surface area is 138 Å². The van der Waals surface area contributed by atoms with Gasteiger partial charge in [0.05, 0.1) is 13.2 Å². The molecule has 2 heteroatoms. The number of hydrogen-bond acceptors (Lipinski definition) is 2. The molecule has 1 aliphatic rings. The molecule has 1 unspecified atom stereocenters. The normalized spacial score (nSPS) is 19.0. The van der Waals surface area contributed by atoms with E-state index in [1.165, 1.54) is 64.2 Å². The monoisotopic (exact) mass is 310 g/mol. The Morgan fingerprint density at radius 3 is 2.23 bits per heavy atom. The van der Waals surface area contributed by atoms with Gasteiger partial charge in [0.15, 0.2) is 5.79 Å². The summed E-state index contributed by atoms with van der Waals surface area (Å²) in [4.78, 5) is 0. The van der Waals surface area contributed by atoms with Gasteiger partial charge in [-0.25, -0.2) is 0 Å². The molecule has 0 N–H and O–H groups in total. The zero-order chi connectivity index (χ0) is 16.1. The van der Waals surface area contributed by atoms with Crippen molar-refractivity contribution in [3.8, 4) is 0 Å². The predicted molar refractivity (Wildman–Crippen MR) is 95.1 cm³/mol. The summed E-state index contributed by atoms with van der Waals surface area (Å²) < 4.78 is 11.2. The van der Waals surface area contributed by atoms with E-state index in [9.17, 15) is 0 Å². The summed E-state index contributed by atoms with van der Waals surface area (Å²) in [7, 11) is 0. The first kappa shape index (κ1) is 19.7. The molecule has 0 spiro atoms. The highest BCUT2D eigenvalue weighted by Crippen LogP contribution is 2.25. The first-order chi connectivity index (χ1) is 10.7. The van der Waals surface area contributed by atoms with Gasteiger partial charge in [-0.05, 0) is 44.9 Å². The molecular formula is C20H38O2. The van der Waals surface area contributed by atoms with Crippen LogP contribution in [0.5, 0.6) is 0 Å². The topological polar surface area (TPSA) is 18.5 Å². The second-order valence-corrected chi connectivity index (χ2v) is 7.08. The van der Waals surface area contributed by atoms with Gasteiger partial charge in [0.25, 0.3) is 0 Å². The molecule has 0 radical (unpaired) electrons. The van der Waals surface area contributed by atoms with Gasteiger partial charge in [-0.1, -0.05) is 58.1 Å². The van der Waals surface area contributed by atoms with Crippen molar-refractivity contribution < 1.29 is 9.47 Å². The quantitative estimate of drug-likeness (QED) is 0.295. The molecule has 1 saturated heterocycles. The number of unbranched alkanes of at least 4 members (excludes halogenated alkanes) is 5. The summed E-state index contributed by atoms with van der Waals surface area (Å²) in [6.07, 6.45) is 18.9. The van der Waals surface area contributed by atoms with Crippen LogP contribution in [0.4, 0.5) is 0 Å². The molecule has 0 saturated carbocycles. The van der Waals surface area contributed by atoms with Gasteiger partial charge in [0, 0.05) is 6.42 Å². The highest BCUT2D eigenvalue weighted by molar-refractivity contribution is 4.81. The van der Waals surface area contributed by atoms with Crippen molar-refractivity contribution in [1.82, 2.24) is 0 Å². The zero-order valence-corrected chi connectivity index (χ0v) is 15.2. The van der Waals surface area contributed by atoms with Crippen molar-refractivity contribution >= 4 is 0 Å². The van der Waals surface area contributed by atoms with Crippen LogP contribution >= 0.6 is 0 Å². The zero-order valence-electron chi connectivity index (χ0n) is 15.2. The van der Waals surface area contributed by atoms with Gasteiger partial charge in [-0.15, -0.1) is 0 Å². The highest BCUT2D eigenvalue weighted by Gasteiger charge is 2.29. The predicted octanol–water partition coefficient (Wildman–Crippen LogP) is 6.25. The standard InChI is InChI=1S/C20H38O2/c1-4-5-14-19(2)15-12-10-8-6-7-9-11-13-16-20(3)21-17-18-22-20/h6,8,19H,4-5,7,9-18H2,1-3H3/b8-6-. The maximum atomic E-state index is 5.62. The van der Waals surface area contributed by atoms with E-state index in [1.54, 1.807) is 0 Å². The third-order valence-electron chi connectivity index (χ3n) is 4.68. The van der Waals surface area contributed by atoms with E-state index >= 15 is 0 Å². The first-order valence-electron chi connectivity index (χ1n) is 9.59. The van der Waals surface area contributed by atoms with E-state index in [-0.39, 0.29) is 5.79 Å². The second kappa shape index (κ2) is 12.1. The van der Waals surface area contributed by atoms with Crippen LogP contribution in [0.1, 0.15) is 91.4 Å². The molecular weight excluding hydrogens is 272 g/mol. The molecule has 1 rings (SSSR count). The van der Waals surface area contributed by atoms with Gasteiger partial charge in [-0.2, -0.15) is 0 Å². The van der Waals surface area contributed by atoms with Gasteiger partial charge in [-0.3, -0.25) is 0 Å². The molecule has 1 atom stereocenters. The lowest BCUT2D eigenvalue weighted by atomic mass is 9.98. The molecule has 0 aromatic rings. The van der Waals surface area contributed by atoms with E-state index in [4.69, 9.17) is 9.47 Å². The van der Waals surface area contributed by atoms with Gasteiger partial charge in [0.1, 0.15) is 0 Å². The van der Waals surface area contributed by atoms with Crippen LogP contribution in [-0.2, 0) is 9.47 Å². The lowest BCUT2D eigenvalue weighted by molar-refractivity contribution is -0.147. The summed E-state index contributed by atoms with van der Waals surface area (Å²) in [5.41, 5.74) is 0. The minimum absolute atomic E-state index is 0.287. The molecule has 22 heavy (non-hydrogen) atoms. The summed E-state index contributed by atoms with van der Waals surface area (Å²) in [5.74, 6) is 0.624. The van der Waals surface area contributed by atoms with Crippen molar-refractivity contribution in [2.75, 3.05) is 13.2 Å². The summed E-state index contributed by atoms with van der Waals surface area (Å²) in [6.45, 7) is 8.27. The highest BCUT2D eigenvalue weighted by atomic mass is 16.7. The maximum Gasteiger partial charge on any atom is 0.165 e. The molecule has 1 heterocycles. The maximum absolute atomic E-state index is 5.62. The van der Waals surface area contributed by atoms with Crippen LogP contribution in [-0.4, -0.2) is 19.0 Å². The lowest BCUT2D eigenvalue weighted by Crippen LogP contribution is -2.24. The van der Waals surface area contributed by atoms with Crippen LogP contribution in [0.3, 0.4) is 0 Å². The fourth-order valence-corrected chi connectivity index (χ4v) is 3.10. The van der Waals surface area contributed by atoms with E-state index in [2.05, 4.69) is 32.9 Å². The van der Waals surface area contributed by atoms with Crippen molar-refractivity contribution in [1.29, 1.82) is 0 Å². The van der Waals surface area contributed by atoms with Crippen LogP contribution in [0.15, 0.2) is 12.2 Å². The van der Waals surface area contributed by atoms with E-state index in [0.717, 1.165) is 25.6 Å². The van der Waals surface area contributed by atoms with Gasteiger partial charge < -0.3 is 9.47 Å². The number of ether oxygens (including phenoxy) is 2. The van der Waals surface area contributed by atoms with Crippen LogP contribution in [0.2, 0.25) is 0 Å². The average molecular weight is 311 g/mol. The molecule has 0 amide bonds. The van der Waals surface area contributed by atoms with Gasteiger partial charge in [0.2, 0.25) is 0 Å². The van der Waals surface area contributed by atoms with Crippen molar-refractivity contribution in [3.63, 3.8) is 0 Å². The Bertz CT molecular complexity index is 279. The minimum atomic E-state index is -0.287. The lowest BCUT2D eigenvalue weighted by Gasteiger charge is -2.21. The summed E-state index contributed by atoms with van der Waals surface area (Å²) >= 11 is 0. The van der Waals surface area contributed by atoms with E-state index in [0.29, 0.717) is 0 Å². The largest absolute Gasteiger partial charge is 0.348 e. The summed E-state index contributed by atoms with van der Waals surface area (Å²) in [5, 5.41) is 0. The Morgan fingerprint density at radius 1 is 0.909 bits per heavy atom. The molecule has 1 fully saturated rings. The Morgan fingerprint density at radius 2 is 1.55 bits per heavy atom. The Kier molecular flexibility index (Phi) is 10.9. The fraction of sp³-hybridized carbons (Fsp3) is 0.900. The molecule has 130 valence electrons. The number of hydrogen-bond donors (Lipinski definition) is 0. The SMILES string of the molecule is CCCCC(C)CCC/C=C\CCCCCC1(C)OCCO1. The van der Waals surface area contributed by atoms with E-state index < -0.39 is 0 Å². The van der Waals surface area contributed by atoms with Crippen molar-refractivity contribution in [3.05, 3.63) is 12.2 Å². The third kappa shape index (κ3) is 9.63. The molecule has 0 bridgehead atoms. The third-order valence-corrected chi connectivity index (χ3v) is 4.68. The van der Waals surface area contributed by atoms with Crippen LogP contribution < -0.4 is 0 Å². The van der Waals surface area contributed by atoms with Crippen LogP contribution in [0.25, 0.3) is 0 Å². The second-order valence-electron chi connectivity index (χ2n) is 7.08. The average Bonchev–Trinajstić information content (AvgIpc) is 2.94. The van der Waals surface area contributed by atoms with Gasteiger partial charge >= 0.3 is 0 Å². The molecule has 0 aromatic heterocycles. The first-order valence-corrected chi connectivity index (χ1v) is 9.59. The Balaban J connectivity index is 1.86. The Hall–Kier alpha value is -0.340. The fourth-order valence-electron chi connectivity index (χ4n) is 3.10. The summed E-state index contributed by atoms with van der Waals surface area (Å²) in [6, 6.07) is 0. The van der Waals surface area contributed by atoms with Crippen LogP contribution in [0, 0.1) is 5.92 Å². The minimum Gasteiger partial charge on any atom is -0.348 e. The molecule has 0 aromatic carbocycles. The molecule has 0 aliphatic carbocycles.